The van der Waals surface area contributed by atoms with Crippen LogP contribution in [-0.4, -0.2) is 47.5 Å². The number of aromatic nitrogens is 2. The van der Waals surface area contributed by atoms with Gasteiger partial charge in [0.1, 0.15) is 0 Å². The molecule has 5 nitrogen and oxygen atoms in total. The van der Waals surface area contributed by atoms with E-state index in [2.05, 4.69) is 43.0 Å². The molecule has 0 radical (unpaired) electrons. The topological polar surface area (TPSA) is 42.3 Å². The van der Waals surface area contributed by atoms with Crippen LogP contribution in [0.1, 0.15) is 45.9 Å². The van der Waals surface area contributed by atoms with Crippen molar-refractivity contribution < 1.29 is 4.74 Å². The van der Waals surface area contributed by atoms with Crippen LogP contribution in [0.5, 0.6) is 5.75 Å². The minimum atomic E-state index is 0.0132. The highest BCUT2D eigenvalue weighted by Gasteiger charge is 2.40. The first kappa shape index (κ1) is 17.0. The molecule has 0 aliphatic rings. The van der Waals surface area contributed by atoms with Crippen LogP contribution >= 0.6 is 0 Å². The first-order valence-corrected chi connectivity index (χ1v) is 7.48. The van der Waals surface area contributed by atoms with Gasteiger partial charge in [-0.2, -0.15) is 5.10 Å². The van der Waals surface area contributed by atoms with E-state index in [0.29, 0.717) is 0 Å². The minimum absolute atomic E-state index is 0.0132. The third-order valence-corrected chi connectivity index (χ3v) is 4.55. The molecule has 0 bridgehead atoms. The zero-order chi connectivity index (χ0) is 15.3. The van der Waals surface area contributed by atoms with Gasteiger partial charge in [-0.3, -0.25) is 9.58 Å². The third kappa shape index (κ3) is 2.83. The van der Waals surface area contributed by atoms with Gasteiger partial charge in [-0.25, -0.2) is 0 Å². The second-order valence-corrected chi connectivity index (χ2v) is 5.33. The SMILES string of the molecule is CCN(CC)C(C)(CC)C(NC)c1c(OC)cnn1C. The molecule has 20 heavy (non-hydrogen) atoms. The lowest BCUT2D eigenvalue weighted by Crippen LogP contribution is -2.54. The molecule has 0 spiro atoms. The average Bonchev–Trinajstić information content (AvgIpc) is 2.82. The van der Waals surface area contributed by atoms with Crippen molar-refractivity contribution in [3.8, 4) is 5.75 Å². The fourth-order valence-electron chi connectivity index (χ4n) is 3.21. The molecule has 116 valence electrons. The lowest BCUT2D eigenvalue weighted by Gasteiger charge is -2.45. The third-order valence-electron chi connectivity index (χ3n) is 4.55. The number of hydrogen-bond acceptors (Lipinski definition) is 4. The van der Waals surface area contributed by atoms with Crippen molar-refractivity contribution in [1.82, 2.24) is 20.0 Å². The fraction of sp³-hybridized carbons (Fsp3) is 0.800. The molecule has 1 aromatic rings. The van der Waals surface area contributed by atoms with E-state index < -0.39 is 0 Å². The summed E-state index contributed by atoms with van der Waals surface area (Å²) in [5.74, 6) is 0.846. The predicted molar refractivity (Wildman–Crippen MR) is 83.2 cm³/mol. The van der Waals surface area contributed by atoms with Crippen LogP contribution in [0.3, 0.4) is 0 Å². The van der Waals surface area contributed by atoms with Gasteiger partial charge in [-0.15, -0.1) is 0 Å². The molecule has 1 rings (SSSR count). The van der Waals surface area contributed by atoms with Gasteiger partial charge < -0.3 is 10.1 Å². The van der Waals surface area contributed by atoms with E-state index >= 15 is 0 Å². The number of methoxy groups -OCH3 is 1. The fourth-order valence-corrected chi connectivity index (χ4v) is 3.21. The van der Waals surface area contributed by atoms with E-state index in [4.69, 9.17) is 4.74 Å². The Kier molecular flexibility index (Phi) is 6.02. The second kappa shape index (κ2) is 7.09. The maximum atomic E-state index is 5.49. The summed E-state index contributed by atoms with van der Waals surface area (Å²) in [4.78, 5) is 2.50. The van der Waals surface area contributed by atoms with Crippen molar-refractivity contribution in [3.05, 3.63) is 11.9 Å². The molecule has 0 saturated carbocycles. The number of nitrogens with one attached hydrogen (secondary N) is 1. The van der Waals surface area contributed by atoms with Crippen LogP contribution in [0.25, 0.3) is 0 Å². The van der Waals surface area contributed by atoms with E-state index in [1.807, 2.05) is 18.8 Å². The van der Waals surface area contributed by atoms with E-state index in [0.717, 1.165) is 31.0 Å². The maximum Gasteiger partial charge on any atom is 0.161 e. The second-order valence-electron chi connectivity index (χ2n) is 5.33. The van der Waals surface area contributed by atoms with Crippen LogP contribution in [-0.2, 0) is 7.05 Å². The number of hydrogen-bond donors (Lipinski definition) is 1. The molecule has 2 unspecified atom stereocenters. The van der Waals surface area contributed by atoms with Gasteiger partial charge in [0.25, 0.3) is 0 Å². The largest absolute Gasteiger partial charge is 0.493 e. The molecular formula is C15H30N4O. The molecule has 2 atom stereocenters. The normalized spacial score (nSPS) is 16.2. The highest BCUT2D eigenvalue weighted by Crippen LogP contribution is 2.37. The van der Waals surface area contributed by atoms with Crippen LogP contribution in [0.2, 0.25) is 0 Å². The van der Waals surface area contributed by atoms with Gasteiger partial charge >= 0.3 is 0 Å². The minimum Gasteiger partial charge on any atom is -0.493 e. The number of likely N-dealkylation sites (N-methyl/N-ethyl adjacent to an activating group) is 2. The molecule has 0 amide bonds. The molecule has 5 heteroatoms. The first-order valence-electron chi connectivity index (χ1n) is 7.48. The van der Waals surface area contributed by atoms with Gasteiger partial charge in [0.2, 0.25) is 0 Å². The summed E-state index contributed by atoms with van der Waals surface area (Å²) in [5, 5.41) is 7.83. The Morgan fingerprint density at radius 2 is 2.00 bits per heavy atom. The zero-order valence-corrected chi connectivity index (χ0v) is 14.0. The van der Waals surface area contributed by atoms with Crippen molar-refractivity contribution in [3.63, 3.8) is 0 Å². The van der Waals surface area contributed by atoms with Crippen molar-refractivity contribution in [2.45, 2.75) is 45.7 Å². The molecule has 0 aliphatic carbocycles. The molecule has 0 fully saturated rings. The highest BCUT2D eigenvalue weighted by molar-refractivity contribution is 5.31. The van der Waals surface area contributed by atoms with Crippen molar-refractivity contribution in [2.75, 3.05) is 27.2 Å². The maximum absolute atomic E-state index is 5.49. The van der Waals surface area contributed by atoms with Crippen molar-refractivity contribution in [1.29, 1.82) is 0 Å². The predicted octanol–water partition coefficient (Wildman–Crippen LogP) is 2.20. The van der Waals surface area contributed by atoms with E-state index in [1.54, 1.807) is 13.3 Å². The van der Waals surface area contributed by atoms with E-state index in [9.17, 15) is 0 Å². The van der Waals surface area contributed by atoms with E-state index in [-0.39, 0.29) is 11.6 Å². The van der Waals surface area contributed by atoms with Gasteiger partial charge in [-0.05, 0) is 33.5 Å². The molecule has 1 N–H and O–H groups in total. The lowest BCUT2D eigenvalue weighted by atomic mass is 9.84. The summed E-state index contributed by atoms with van der Waals surface area (Å²) in [6.45, 7) is 11.0. The van der Waals surface area contributed by atoms with Crippen LogP contribution in [0.15, 0.2) is 6.20 Å². The van der Waals surface area contributed by atoms with Gasteiger partial charge in [0, 0.05) is 12.6 Å². The summed E-state index contributed by atoms with van der Waals surface area (Å²) >= 11 is 0. The van der Waals surface area contributed by atoms with Gasteiger partial charge in [-0.1, -0.05) is 20.8 Å². The first-order chi connectivity index (χ1) is 9.49. The van der Waals surface area contributed by atoms with Gasteiger partial charge in [0.15, 0.2) is 5.75 Å². The zero-order valence-electron chi connectivity index (χ0n) is 14.0. The Morgan fingerprint density at radius 3 is 2.40 bits per heavy atom. The van der Waals surface area contributed by atoms with Crippen LogP contribution < -0.4 is 10.1 Å². The molecule has 0 saturated heterocycles. The molecular weight excluding hydrogens is 252 g/mol. The van der Waals surface area contributed by atoms with Crippen molar-refractivity contribution >= 4 is 0 Å². The molecule has 1 heterocycles. The number of rotatable bonds is 8. The summed E-state index contributed by atoms with van der Waals surface area (Å²) < 4.78 is 7.41. The summed E-state index contributed by atoms with van der Waals surface area (Å²) in [7, 11) is 5.68. The monoisotopic (exact) mass is 282 g/mol. The van der Waals surface area contributed by atoms with Crippen LogP contribution in [0.4, 0.5) is 0 Å². The lowest BCUT2D eigenvalue weighted by molar-refractivity contribution is 0.0688. The Labute approximate surface area is 123 Å². The van der Waals surface area contributed by atoms with Crippen LogP contribution in [0, 0.1) is 0 Å². The summed E-state index contributed by atoms with van der Waals surface area (Å²) in [5.41, 5.74) is 1.12. The highest BCUT2D eigenvalue weighted by atomic mass is 16.5. The average molecular weight is 282 g/mol. The Hall–Kier alpha value is -1.07. The van der Waals surface area contributed by atoms with Crippen molar-refractivity contribution in [2.24, 2.45) is 7.05 Å². The molecule has 1 aromatic heterocycles. The summed E-state index contributed by atoms with van der Waals surface area (Å²) in [6.07, 6.45) is 2.84. The molecule has 0 aliphatic heterocycles. The number of nitrogens with zero attached hydrogens (tertiary/aromatic N) is 3. The molecule has 0 aromatic carbocycles. The Bertz CT molecular complexity index is 414. The summed E-state index contributed by atoms with van der Waals surface area (Å²) in [6, 6.07) is 0.162. The Balaban J connectivity index is 3.31. The van der Waals surface area contributed by atoms with Gasteiger partial charge in [0.05, 0.1) is 25.0 Å². The van der Waals surface area contributed by atoms with E-state index in [1.165, 1.54) is 0 Å². The standard InChI is InChI=1S/C15H30N4O/c1-8-15(4,19(9-2)10-3)14(16-5)13-12(20-7)11-17-18(13)6/h11,14,16H,8-10H2,1-7H3. The number of aryl methyl sites for hydroxylation is 1. The number of ether oxygens (including phenoxy) is 1. The Morgan fingerprint density at radius 1 is 1.40 bits per heavy atom. The smallest absolute Gasteiger partial charge is 0.161 e. The quantitative estimate of drug-likeness (QED) is 0.794.